The summed E-state index contributed by atoms with van der Waals surface area (Å²) >= 11 is 0. The van der Waals surface area contributed by atoms with E-state index < -0.39 is 21.7 Å². The van der Waals surface area contributed by atoms with Gasteiger partial charge in [0.25, 0.3) is 0 Å². The van der Waals surface area contributed by atoms with Crippen LogP contribution in [0.2, 0.25) is 0 Å². The van der Waals surface area contributed by atoms with E-state index in [1.54, 1.807) is 0 Å². The number of hydrogen-bond acceptors (Lipinski definition) is 5. The summed E-state index contributed by atoms with van der Waals surface area (Å²) in [5.41, 5.74) is -0.529. The van der Waals surface area contributed by atoms with Crippen molar-refractivity contribution in [3.8, 4) is 0 Å². The molecule has 0 rings (SSSR count). The minimum atomic E-state index is -3.17. The molecule has 180 valence electrons. The molecule has 0 aliphatic rings. The molecule has 0 heterocycles. The SMILES string of the molecule is CCNC(=NCCCNS(C)(=O)=O)N(C)CCC(NC(=O)OC(C)(C)C)C(C)C.I. The fourth-order valence-electron chi connectivity index (χ4n) is 2.46. The lowest BCUT2D eigenvalue weighted by Gasteiger charge is -2.28. The Morgan fingerprint density at radius 3 is 2.30 bits per heavy atom. The fourth-order valence-corrected chi connectivity index (χ4v) is 2.98. The Morgan fingerprint density at radius 1 is 1.23 bits per heavy atom. The first-order chi connectivity index (χ1) is 13.2. The Morgan fingerprint density at radius 2 is 1.83 bits per heavy atom. The van der Waals surface area contributed by atoms with E-state index >= 15 is 0 Å². The Bertz CT molecular complexity index is 621. The lowest BCUT2D eigenvalue weighted by molar-refractivity contribution is 0.0485. The second-order valence-corrected chi connectivity index (χ2v) is 10.3. The fraction of sp³-hybridized carbons (Fsp3) is 0.895. The van der Waals surface area contributed by atoms with Crippen molar-refractivity contribution in [2.24, 2.45) is 10.9 Å². The number of carbonyl (C=O) groups is 1. The van der Waals surface area contributed by atoms with Gasteiger partial charge in [0.1, 0.15) is 5.60 Å². The number of hydrogen-bond donors (Lipinski definition) is 3. The lowest BCUT2D eigenvalue weighted by atomic mass is 10.0. The van der Waals surface area contributed by atoms with Crippen LogP contribution >= 0.6 is 24.0 Å². The van der Waals surface area contributed by atoms with Gasteiger partial charge < -0.3 is 20.3 Å². The maximum absolute atomic E-state index is 12.1. The van der Waals surface area contributed by atoms with Gasteiger partial charge in [0.05, 0.1) is 6.26 Å². The smallest absolute Gasteiger partial charge is 0.407 e. The molecule has 30 heavy (non-hydrogen) atoms. The van der Waals surface area contributed by atoms with Gasteiger partial charge in [0, 0.05) is 39.3 Å². The van der Waals surface area contributed by atoms with Gasteiger partial charge >= 0.3 is 6.09 Å². The Labute approximate surface area is 200 Å². The molecular weight excluding hydrogens is 521 g/mol. The van der Waals surface area contributed by atoms with E-state index in [9.17, 15) is 13.2 Å². The zero-order valence-electron chi connectivity index (χ0n) is 19.7. The molecule has 1 atom stereocenters. The third-order valence-corrected chi connectivity index (χ3v) is 4.67. The van der Waals surface area contributed by atoms with E-state index in [1.807, 2.05) is 39.6 Å². The molecule has 1 unspecified atom stereocenters. The molecular formula is C19H42IN5O4S. The highest BCUT2D eigenvalue weighted by Gasteiger charge is 2.22. The first kappa shape index (κ1) is 31.4. The third-order valence-electron chi connectivity index (χ3n) is 3.94. The number of alkyl carbamates (subject to hydrolysis) is 1. The molecule has 0 aromatic carbocycles. The number of nitrogens with zero attached hydrogens (tertiary/aromatic N) is 2. The summed E-state index contributed by atoms with van der Waals surface area (Å²) in [6, 6.07) is -0.0193. The van der Waals surface area contributed by atoms with Crippen molar-refractivity contribution in [3.63, 3.8) is 0 Å². The minimum absolute atomic E-state index is 0. The molecule has 11 heteroatoms. The molecule has 0 aliphatic carbocycles. The molecule has 3 N–H and O–H groups in total. The van der Waals surface area contributed by atoms with Gasteiger partial charge in [0.2, 0.25) is 10.0 Å². The normalized spacial score (nSPS) is 13.4. The summed E-state index contributed by atoms with van der Waals surface area (Å²) in [6.07, 6.45) is 2.10. The molecule has 0 aromatic rings. The van der Waals surface area contributed by atoms with E-state index in [1.165, 1.54) is 0 Å². The van der Waals surface area contributed by atoms with E-state index in [0.29, 0.717) is 26.1 Å². The van der Waals surface area contributed by atoms with Crippen molar-refractivity contribution in [2.45, 2.75) is 66.0 Å². The number of nitrogens with one attached hydrogen (secondary N) is 3. The van der Waals surface area contributed by atoms with Crippen LogP contribution in [0.3, 0.4) is 0 Å². The van der Waals surface area contributed by atoms with E-state index in [-0.39, 0.29) is 35.9 Å². The summed E-state index contributed by atoms with van der Waals surface area (Å²) in [5, 5.41) is 6.20. The number of amides is 1. The van der Waals surface area contributed by atoms with Crippen LogP contribution in [0.1, 0.15) is 54.4 Å². The summed E-state index contributed by atoms with van der Waals surface area (Å²) in [5.74, 6) is 1.02. The summed E-state index contributed by atoms with van der Waals surface area (Å²) in [4.78, 5) is 18.7. The lowest BCUT2D eigenvalue weighted by Crippen LogP contribution is -2.45. The van der Waals surface area contributed by atoms with Gasteiger partial charge in [-0.1, -0.05) is 13.8 Å². The predicted octanol–water partition coefficient (Wildman–Crippen LogP) is 2.38. The topological polar surface area (TPSA) is 112 Å². The van der Waals surface area contributed by atoms with Crippen LogP contribution in [0.5, 0.6) is 0 Å². The van der Waals surface area contributed by atoms with E-state index in [2.05, 4.69) is 34.2 Å². The van der Waals surface area contributed by atoms with Crippen molar-refractivity contribution in [3.05, 3.63) is 0 Å². The number of halogens is 1. The van der Waals surface area contributed by atoms with Gasteiger partial charge in [-0.05, 0) is 46.5 Å². The van der Waals surface area contributed by atoms with Gasteiger partial charge in [0.15, 0.2) is 5.96 Å². The number of guanidine groups is 1. The largest absolute Gasteiger partial charge is 0.444 e. The average molecular weight is 564 g/mol. The number of ether oxygens (including phenoxy) is 1. The summed E-state index contributed by atoms with van der Waals surface area (Å²) in [7, 11) is -1.22. The number of rotatable bonds is 11. The maximum atomic E-state index is 12.1. The summed E-state index contributed by atoms with van der Waals surface area (Å²) in [6.45, 7) is 14.0. The molecule has 0 saturated heterocycles. The summed E-state index contributed by atoms with van der Waals surface area (Å²) < 4.78 is 30.0. The van der Waals surface area contributed by atoms with Gasteiger partial charge in [-0.3, -0.25) is 4.99 Å². The first-order valence-corrected chi connectivity index (χ1v) is 12.1. The standard InChI is InChI=1S/C19H41N5O4S.HI/c1-9-20-17(21-12-10-13-22-29(8,26)27)24(7)14-11-16(15(2)3)23-18(25)28-19(4,5)6;/h15-16,22H,9-14H2,1-8H3,(H,20,21)(H,23,25);1H. The Kier molecular flexibility index (Phi) is 15.7. The van der Waals surface area contributed by atoms with E-state index in [4.69, 9.17) is 4.74 Å². The third kappa shape index (κ3) is 16.9. The molecule has 1 amide bonds. The van der Waals surface area contributed by atoms with Crippen molar-refractivity contribution >= 4 is 46.1 Å². The highest BCUT2D eigenvalue weighted by atomic mass is 127. The predicted molar refractivity (Wildman–Crippen MR) is 134 cm³/mol. The van der Waals surface area contributed by atoms with Crippen LogP contribution in [0.25, 0.3) is 0 Å². The van der Waals surface area contributed by atoms with Crippen LogP contribution in [-0.4, -0.2) is 76.5 Å². The van der Waals surface area contributed by atoms with Crippen molar-refractivity contribution in [1.82, 2.24) is 20.3 Å². The zero-order valence-corrected chi connectivity index (χ0v) is 22.9. The second kappa shape index (κ2) is 15.1. The maximum Gasteiger partial charge on any atom is 0.407 e. The van der Waals surface area contributed by atoms with Crippen LogP contribution in [0.4, 0.5) is 4.79 Å². The molecule has 0 bridgehead atoms. The molecule has 0 radical (unpaired) electrons. The van der Waals surface area contributed by atoms with Gasteiger partial charge in [-0.2, -0.15) is 0 Å². The van der Waals surface area contributed by atoms with Crippen LogP contribution in [0, 0.1) is 5.92 Å². The molecule has 0 aromatic heterocycles. The zero-order chi connectivity index (χ0) is 22.7. The number of aliphatic imine (C=N–C) groups is 1. The average Bonchev–Trinajstić information content (AvgIpc) is 2.54. The first-order valence-electron chi connectivity index (χ1n) is 10.2. The molecule has 0 spiro atoms. The minimum Gasteiger partial charge on any atom is -0.444 e. The van der Waals surface area contributed by atoms with Crippen molar-refractivity contribution in [2.75, 3.05) is 39.5 Å². The molecule has 0 fully saturated rings. The van der Waals surface area contributed by atoms with Crippen molar-refractivity contribution < 1.29 is 17.9 Å². The molecule has 9 nitrogen and oxygen atoms in total. The Balaban J connectivity index is 0. The quantitative estimate of drug-likeness (QED) is 0.154. The second-order valence-electron chi connectivity index (χ2n) is 8.46. The molecule has 0 saturated carbocycles. The van der Waals surface area contributed by atoms with Gasteiger partial charge in [-0.15, -0.1) is 24.0 Å². The highest BCUT2D eigenvalue weighted by Crippen LogP contribution is 2.11. The van der Waals surface area contributed by atoms with Crippen LogP contribution in [0.15, 0.2) is 4.99 Å². The van der Waals surface area contributed by atoms with Crippen LogP contribution < -0.4 is 15.4 Å². The number of carbonyl (C=O) groups excluding carboxylic acids is 1. The van der Waals surface area contributed by atoms with Gasteiger partial charge in [-0.25, -0.2) is 17.9 Å². The highest BCUT2D eigenvalue weighted by molar-refractivity contribution is 14.0. The van der Waals surface area contributed by atoms with Crippen LogP contribution in [-0.2, 0) is 14.8 Å². The monoisotopic (exact) mass is 563 g/mol. The van der Waals surface area contributed by atoms with Crippen molar-refractivity contribution in [1.29, 1.82) is 0 Å². The number of sulfonamides is 1. The Hall–Kier alpha value is -0.820. The van der Waals surface area contributed by atoms with E-state index in [0.717, 1.165) is 25.2 Å². The molecule has 0 aliphatic heterocycles.